The van der Waals surface area contributed by atoms with Crippen molar-refractivity contribution in [2.24, 2.45) is 5.73 Å². The van der Waals surface area contributed by atoms with Crippen LogP contribution >= 0.6 is 7.82 Å². The average Bonchev–Trinajstić information content (AvgIpc) is 3.11. The van der Waals surface area contributed by atoms with Gasteiger partial charge in [-0.2, -0.15) is 0 Å². The van der Waals surface area contributed by atoms with Crippen molar-refractivity contribution in [2.45, 2.75) is 161 Å². The first-order valence-electron chi connectivity index (χ1n) is 19.8. The molecule has 3 N–H and O–H groups in total. The van der Waals surface area contributed by atoms with Crippen LogP contribution in [0.15, 0.2) is 60.8 Å². The number of phosphoric ester groups is 1. The molecule has 51 heavy (non-hydrogen) atoms. The van der Waals surface area contributed by atoms with E-state index in [1.165, 1.54) is 44.9 Å². The Labute approximate surface area is 310 Å². The van der Waals surface area contributed by atoms with Gasteiger partial charge in [-0.15, -0.1) is 0 Å². The topological polar surface area (TPSA) is 134 Å². The molecule has 0 aromatic heterocycles. The van der Waals surface area contributed by atoms with E-state index in [0.29, 0.717) is 12.8 Å². The van der Waals surface area contributed by atoms with Crippen LogP contribution in [0.4, 0.5) is 0 Å². The highest BCUT2D eigenvalue weighted by molar-refractivity contribution is 7.47. The molecule has 1 unspecified atom stereocenters. The Morgan fingerprint density at radius 1 is 0.588 bits per heavy atom. The molecule has 0 aliphatic carbocycles. The van der Waals surface area contributed by atoms with Gasteiger partial charge in [0.05, 0.1) is 13.2 Å². The molecule has 0 spiro atoms. The third kappa shape index (κ3) is 37.3. The van der Waals surface area contributed by atoms with Gasteiger partial charge in [0.15, 0.2) is 6.10 Å². The fourth-order valence-electron chi connectivity index (χ4n) is 4.90. The summed E-state index contributed by atoms with van der Waals surface area (Å²) in [6, 6.07) is 0. The molecule has 2 atom stereocenters. The van der Waals surface area contributed by atoms with Crippen molar-refractivity contribution in [1.29, 1.82) is 0 Å². The lowest BCUT2D eigenvalue weighted by Crippen LogP contribution is -2.29. The summed E-state index contributed by atoms with van der Waals surface area (Å²) in [5, 5.41) is 0. The van der Waals surface area contributed by atoms with Crippen LogP contribution in [0.3, 0.4) is 0 Å². The smallest absolute Gasteiger partial charge is 0.462 e. The van der Waals surface area contributed by atoms with Crippen LogP contribution in [0.1, 0.15) is 155 Å². The van der Waals surface area contributed by atoms with E-state index in [0.717, 1.165) is 70.6 Å². The third-order valence-corrected chi connectivity index (χ3v) is 8.86. The zero-order valence-corrected chi connectivity index (χ0v) is 33.0. The lowest BCUT2D eigenvalue weighted by molar-refractivity contribution is -0.161. The summed E-state index contributed by atoms with van der Waals surface area (Å²) in [7, 11) is -4.39. The largest absolute Gasteiger partial charge is 0.472 e. The second-order valence-electron chi connectivity index (χ2n) is 12.8. The van der Waals surface area contributed by atoms with Crippen molar-refractivity contribution in [1.82, 2.24) is 0 Å². The van der Waals surface area contributed by atoms with Crippen LogP contribution < -0.4 is 5.73 Å². The molecule has 0 saturated heterocycles. The number of hydrogen-bond acceptors (Lipinski definition) is 8. The molecule has 0 aromatic carbocycles. The van der Waals surface area contributed by atoms with E-state index < -0.39 is 32.5 Å². The molecule has 0 amide bonds. The van der Waals surface area contributed by atoms with Gasteiger partial charge in [-0.1, -0.05) is 120 Å². The number of phosphoric acid groups is 1. The number of esters is 2. The highest BCUT2D eigenvalue weighted by Gasteiger charge is 2.25. The van der Waals surface area contributed by atoms with Crippen LogP contribution in [0.5, 0.6) is 0 Å². The number of rotatable bonds is 36. The van der Waals surface area contributed by atoms with E-state index in [4.69, 9.17) is 24.3 Å². The van der Waals surface area contributed by atoms with Crippen LogP contribution in [0, 0.1) is 0 Å². The van der Waals surface area contributed by atoms with E-state index in [1.807, 2.05) is 0 Å². The molecule has 9 nitrogen and oxygen atoms in total. The minimum Gasteiger partial charge on any atom is -0.462 e. The molecule has 0 rings (SSSR count). The monoisotopic (exact) mass is 737 g/mol. The SMILES string of the molecule is CCCCC/C=C/C/C=C/C/C=C/CCCCC(=O)OC[C@H](COP(=O)(O)OCCN)OC(=O)CCCCCCC/C=C/C/C=C/CCCCC. The van der Waals surface area contributed by atoms with Crippen molar-refractivity contribution >= 4 is 19.8 Å². The van der Waals surface area contributed by atoms with E-state index in [-0.39, 0.29) is 32.6 Å². The van der Waals surface area contributed by atoms with Gasteiger partial charge in [-0.05, 0) is 83.5 Å². The van der Waals surface area contributed by atoms with Crippen molar-refractivity contribution in [3.63, 3.8) is 0 Å². The van der Waals surface area contributed by atoms with Gasteiger partial charge in [0, 0.05) is 19.4 Å². The van der Waals surface area contributed by atoms with Gasteiger partial charge in [0.2, 0.25) is 0 Å². The number of hydrogen-bond donors (Lipinski definition) is 2. The minimum atomic E-state index is -4.39. The molecule has 0 bridgehead atoms. The van der Waals surface area contributed by atoms with Gasteiger partial charge in [-0.25, -0.2) is 4.57 Å². The number of carbonyl (C=O) groups excluding carboxylic acids is 2. The summed E-state index contributed by atoms with van der Waals surface area (Å²) >= 11 is 0. The van der Waals surface area contributed by atoms with Crippen molar-refractivity contribution in [3.8, 4) is 0 Å². The Hall–Kier alpha value is -2.29. The molecule has 0 aliphatic heterocycles. The first-order chi connectivity index (χ1) is 24.8. The van der Waals surface area contributed by atoms with Crippen LogP contribution in [0.2, 0.25) is 0 Å². The van der Waals surface area contributed by atoms with E-state index in [1.54, 1.807) is 0 Å². The summed E-state index contributed by atoms with van der Waals surface area (Å²) in [4.78, 5) is 34.7. The van der Waals surface area contributed by atoms with Gasteiger partial charge in [0.25, 0.3) is 0 Å². The van der Waals surface area contributed by atoms with Gasteiger partial charge >= 0.3 is 19.8 Å². The first kappa shape index (κ1) is 48.7. The second kappa shape index (κ2) is 37.5. The Balaban J connectivity index is 4.32. The Kier molecular flexibility index (Phi) is 35.8. The number of nitrogens with two attached hydrogens (primary N) is 1. The van der Waals surface area contributed by atoms with Gasteiger partial charge in [-0.3, -0.25) is 18.6 Å². The predicted molar refractivity (Wildman–Crippen MR) is 210 cm³/mol. The Morgan fingerprint density at radius 3 is 1.55 bits per heavy atom. The summed E-state index contributed by atoms with van der Waals surface area (Å²) in [6.45, 7) is 3.59. The fraction of sp³-hybridized carbons (Fsp3) is 0.707. The van der Waals surface area contributed by atoms with Crippen molar-refractivity contribution in [2.75, 3.05) is 26.4 Å². The summed E-state index contributed by atoms with van der Waals surface area (Å²) in [6.07, 6.45) is 42.5. The zero-order valence-electron chi connectivity index (χ0n) is 32.1. The molecular weight excluding hydrogens is 665 g/mol. The first-order valence-corrected chi connectivity index (χ1v) is 21.3. The summed E-state index contributed by atoms with van der Waals surface area (Å²) in [5.74, 6) is -0.896. The lowest BCUT2D eigenvalue weighted by atomic mass is 10.1. The molecule has 294 valence electrons. The molecule has 0 radical (unpaired) electrons. The van der Waals surface area contributed by atoms with E-state index in [2.05, 4.69) is 74.6 Å². The average molecular weight is 738 g/mol. The molecule has 0 fully saturated rings. The molecule has 0 saturated carbocycles. The molecule has 0 heterocycles. The fourth-order valence-corrected chi connectivity index (χ4v) is 5.67. The number of unbranched alkanes of at least 4 members (excludes halogenated alkanes) is 13. The number of carbonyl (C=O) groups is 2. The number of allylic oxidation sites excluding steroid dienone is 10. The summed E-state index contributed by atoms with van der Waals surface area (Å²) in [5.41, 5.74) is 5.33. The van der Waals surface area contributed by atoms with Gasteiger partial charge < -0.3 is 20.1 Å². The Morgan fingerprint density at radius 2 is 1.02 bits per heavy atom. The zero-order chi connectivity index (χ0) is 37.5. The van der Waals surface area contributed by atoms with Crippen LogP contribution in [-0.4, -0.2) is 49.3 Å². The van der Waals surface area contributed by atoms with Crippen LogP contribution in [-0.2, 0) is 32.7 Å². The van der Waals surface area contributed by atoms with E-state index >= 15 is 0 Å². The second-order valence-corrected chi connectivity index (χ2v) is 14.2. The third-order valence-electron chi connectivity index (χ3n) is 7.88. The quantitative estimate of drug-likeness (QED) is 0.0279. The maximum atomic E-state index is 12.5. The predicted octanol–water partition coefficient (Wildman–Crippen LogP) is 10.9. The van der Waals surface area contributed by atoms with Gasteiger partial charge in [0.1, 0.15) is 6.61 Å². The lowest BCUT2D eigenvalue weighted by Gasteiger charge is -2.19. The number of ether oxygens (including phenoxy) is 2. The molecule has 0 aromatic rings. The molecule has 10 heteroatoms. The molecular formula is C41H72NO8P. The Bertz CT molecular complexity index is 1020. The normalized spacial score (nSPS) is 14.0. The highest BCUT2D eigenvalue weighted by Crippen LogP contribution is 2.43. The minimum absolute atomic E-state index is 0.0431. The maximum Gasteiger partial charge on any atom is 0.472 e. The van der Waals surface area contributed by atoms with Crippen LogP contribution in [0.25, 0.3) is 0 Å². The van der Waals surface area contributed by atoms with Crippen molar-refractivity contribution in [3.05, 3.63) is 60.8 Å². The highest BCUT2D eigenvalue weighted by atomic mass is 31.2. The summed E-state index contributed by atoms with van der Waals surface area (Å²) < 4.78 is 32.6. The standard InChI is InChI=1S/C41H72NO8P/c1-3-5-7-9-11-13-15-17-19-21-23-25-27-29-31-33-40(43)47-37-39(38-49-51(45,46)48-36-35-42)50-41(44)34-32-30-28-26-24-22-20-18-16-14-12-10-8-6-4-2/h11-14,17-20,23,25,39H,3-10,15-16,21-22,24,26-38,42H2,1-2H3,(H,45,46)/b13-11+,14-12+,19-17+,20-18+,25-23+/t39-/m1/s1. The maximum absolute atomic E-state index is 12.5. The van der Waals surface area contributed by atoms with Crippen molar-refractivity contribution < 1.29 is 37.6 Å². The van der Waals surface area contributed by atoms with E-state index in [9.17, 15) is 19.0 Å². The molecule has 0 aliphatic rings.